The smallest absolute Gasteiger partial charge is 0.407 e. The van der Waals surface area contributed by atoms with Crippen LogP contribution in [0.1, 0.15) is 39.0 Å². The van der Waals surface area contributed by atoms with E-state index in [1.807, 2.05) is 0 Å². The summed E-state index contributed by atoms with van der Waals surface area (Å²) in [5, 5.41) is 22.3. The molecule has 0 saturated carbocycles. The lowest BCUT2D eigenvalue weighted by Gasteiger charge is -2.21. The highest BCUT2D eigenvalue weighted by Gasteiger charge is 2.23. The van der Waals surface area contributed by atoms with Crippen LogP contribution in [0.15, 0.2) is 12.3 Å². The molecule has 7 nitrogen and oxygen atoms in total. The van der Waals surface area contributed by atoms with E-state index in [2.05, 4.69) is 10.3 Å². The fourth-order valence-electron chi connectivity index (χ4n) is 1.69. The summed E-state index contributed by atoms with van der Waals surface area (Å²) in [5.74, 6) is -0.630. The van der Waals surface area contributed by atoms with Crippen molar-refractivity contribution >= 4 is 11.8 Å². The lowest BCUT2D eigenvalue weighted by atomic mass is 10.1. The highest BCUT2D eigenvalue weighted by Crippen LogP contribution is 2.22. The summed E-state index contributed by atoms with van der Waals surface area (Å²) in [5.41, 5.74) is 4.87. The zero-order valence-corrected chi connectivity index (χ0v) is 12.8. The van der Waals surface area contributed by atoms with Gasteiger partial charge in [0.1, 0.15) is 17.5 Å². The summed E-state index contributed by atoms with van der Waals surface area (Å²) in [6.07, 6.45) is -2.25. The van der Waals surface area contributed by atoms with Crippen LogP contribution in [0.3, 0.4) is 0 Å². The zero-order valence-electron chi connectivity index (χ0n) is 12.8. The fraction of sp³-hybridized carbons (Fsp3) is 0.571. The second kappa shape index (κ2) is 7.37. The van der Waals surface area contributed by atoms with Crippen LogP contribution in [-0.4, -0.2) is 39.5 Å². The Hall–Kier alpha value is -1.93. The largest absolute Gasteiger partial charge is 0.444 e. The third-order valence-corrected chi connectivity index (χ3v) is 2.67. The number of rotatable bonds is 5. The average molecular weight is 315 g/mol. The molecule has 1 aromatic rings. The van der Waals surface area contributed by atoms with Gasteiger partial charge in [0.2, 0.25) is 0 Å². The Kier molecular flexibility index (Phi) is 6.07. The summed E-state index contributed by atoms with van der Waals surface area (Å²) in [6.45, 7) is 5.28. The Labute approximate surface area is 128 Å². The molecule has 0 radical (unpaired) electrons. The van der Waals surface area contributed by atoms with E-state index in [4.69, 9.17) is 10.5 Å². The van der Waals surface area contributed by atoms with Gasteiger partial charge in [-0.2, -0.15) is 0 Å². The number of anilines is 1. The number of nitrogen functional groups attached to an aromatic ring is 1. The van der Waals surface area contributed by atoms with Gasteiger partial charge >= 0.3 is 6.09 Å². The summed E-state index contributed by atoms with van der Waals surface area (Å²) >= 11 is 0. The lowest BCUT2D eigenvalue weighted by Crippen LogP contribution is -2.34. The second-order valence-electron chi connectivity index (χ2n) is 5.86. The molecule has 0 aromatic carbocycles. The number of nitrogens with two attached hydrogens (primary N) is 1. The Morgan fingerprint density at radius 2 is 2.14 bits per heavy atom. The molecule has 5 N–H and O–H groups in total. The molecular weight excluding hydrogens is 293 g/mol. The van der Waals surface area contributed by atoms with Crippen molar-refractivity contribution < 1.29 is 24.1 Å². The third kappa shape index (κ3) is 5.82. The van der Waals surface area contributed by atoms with Gasteiger partial charge in [0.05, 0.1) is 23.7 Å². The molecule has 1 heterocycles. The van der Waals surface area contributed by atoms with Gasteiger partial charge in [-0.25, -0.2) is 9.18 Å². The summed E-state index contributed by atoms with van der Waals surface area (Å²) in [4.78, 5) is 15.1. The number of pyridine rings is 1. The minimum Gasteiger partial charge on any atom is -0.444 e. The molecule has 124 valence electrons. The quantitative estimate of drug-likeness (QED) is 0.646. The van der Waals surface area contributed by atoms with E-state index < -0.39 is 29.7 Å². The van der Waals surface area contributed by atoms with E-state index in [1.54, 1.807) is 20.8 Å². The molecule has 1 aromatic heterocycles. The fourth-order valence-corrected chi connectivity index (χ4v) is 1.69. The third-order valence-electron chi connectivity index (χ3n) is 2.67. The van der Waals surface area contributed by atoms with Crippen LogP contribution in [0.2, 0.25) is 0 Å². The number of carbonyl (C=O) groups excluding carboxylic acids is 1. The van der Waals surface area contributed by atoms with E-state index in [1.165, 1.54) is 0 Å². The number of alkyl carbamates (subject to hydrolysis) is 1. The van der Waals surface area contributed by atoms with Crippen LogP contribution in [-0.2, 0) is 4.74 Å². The van der Waals surface area contributed by atoms with Crippen LogP contribution < -0.4 is 11.1 Å². The normalized spacial score (nSPS) is 14.3. The van der Waals surface area contributed by atoms with Gasteiger partial charge in [0.15, 0.2) is 0 Å². The molecule has 2 atom stereocenters. The van der Waals surface area contributed by atoms with Gasteiger partial charge in [-0.05, 0) is 27.2 Å². The van der Waals surface area contributed by atoms with Crippen molar-refractivity contribution in [2.24, 2.45) is 0 Å². The molecule has 0 aliphatic rings. The number of ether oxygens (including phenoxy) is 1. The molecule has 2 unspecified atom stereocenters. The van der Waals surface area contributed by atoms with Crippen LogP contribution in [0, 0.1) is 5.82 Å². The van der Waals surface area contributed by atoms with Gasteiger partial charge < -0.3 is 26.0 Å². The Morgan fingerprint density at radius 1 is 1.50 bits per heavy atom. The minimum absolute atomic E-state index is 0.00818. The number of amides is 1. The summed E-state index contributed by atoms with van der Waals surface area (Å²) < 4.78 is 17.9. The number of halogens is 1. The molecule has 0 saturated heterocycles. The van der Waals surface area contributed by atoms with E-state index in [9.17, 15) is 19.4 Å². The molecule has 0 aliphatic heterocycles. The van der Waals surface area contributed by atoms with Gasteiger partial charge in [0, 0.05) is 12.6 Å². The maximum Gasteiger partial charge on any atom is 0.407 e. The van der Waals surface area contributed by atoms with Crippen molar-refractivity contribution in [3.05, 3.63) is 23.8 Å². The van der Waals surface area contributed by atoms with Crippen molar-refractivity contribution in [2.75, 3.05) is 12.3 Å². The maximum atomic E-state index is 12.9. The van der Waals surface area contributed by atoms with Crippen molar-refractivity contribution in [3.63, 3.8) is 0 Å². The van der Waals surface area contributed by atoms with Gasteiger partial charge in [0.25, 0.3) is 0 Å². The van der Waals surface area contributed by atoms with E-state index in [-0.39, 0.29) is 24.3 Å². The molecular formula is C14H22FN3O4. The number of aromatic nitrogens is 1. The first-order valence-electron chi connectivity index (χ1n) is 6.84. The highest BCUT2D eigenvalue weighted by atomic mass is 19.1. The van der Waals surface area contributed by atoms with Gasteiger partial charge in [-0.3, -0.25) is 4.98 Å². The number of hydrogen-bond acceptors (Lipinski definition) is 6. The molecule has 8 heteroatoms. The topological polar surface area (TPSA) is 118 Å². The molecule has 22 heavy (non-hydrogen) atoms. The van der Waals surface area contributed by atoms with Crippen molar-refractivity contribution in [3.8, 4) is 0 Å². The molecule has 0 bridgehead atoms. The molecule has 0 aliphatic carbocycles. The van der Waals surface area contributed by atoms with Gasteiger partial charge in [-0.1, -0.05) is 0 Å². The standard InChI is InChI=1S/C14H22FN3O4/c1-14(2,3)22-13(21)17-5-4-10(19)12(20)11-9(16)6-8(15)7-18-11/h6-7,10,12,19-20H,4-5,16H2,1-3H3,(H,17,21). The zero-order chi connectivity index (χ0) is 16.9. The van der Waals surface area contributed by atoms with Crippen LogP contribution in [0.5, 0.6) is 0 Å². The average Bonchev–Trinajstić information content (AvgIpc) is 2.35. The predicted molar refractivity (Wildman–Crippen MR) is 78.4 cm³/mol. The molecule has 0 fully saturated rings. The highest BCUT2D eigenvalue weighted by molar-refractivity contribution is 5.67. The van der Waals surface area contributed by atoms with E-state index >= 15 is 0 Å². The number of aliphatic hydroxyl groups excluding tert-OH is 2. The maximum absolute atomic E-state index is 12.9. The first-order valence-corrected chi connectivity index (χ1v) is 6.84. The van der Waals surface area contributed by atoms with Crippen molar-refractivity contribution in [2.45, 2.75) is 45.0 Å². The number of carbonyl (C=O) groups is 1. The van der Waals surface area contributed by atoms with Crippen molar-refractivity contribution in [1.82, 2.24) is 10.3 Å². The van der Waals surface area contributed by atoms with Crippen molar-refractivity contribution in [1.29, 1.82) is 0 Å². The number of aliphatic hydroxyl groups is 2. The minimum atomic E-state index is -1.37. The first kappa shape index (κ1) is 18.1. The Balaban J connectivity index is 2.48. The van der Waals surface area contributed by atoms with E-state index in [0.717, 1.165) is 12.3 Å². The lowest BCUT2D eigenvalue weighted by molar-refractivity contribution is 0.0103. The summed E-state index contributed by atoms with van der Waals surface area (Å²) in [6, 6.07) is 1.01. The van der Waals surface area contributed by atoms with Gasteiger partial charge in [-0.15, -0.1) is 0 Å². The Morgan fingerprint density at radius 3 is 2.68 bits per heavy atom. The molecule has 1 amide bonds. The molecule has 0 spiro atoms. The van der Waals surface area contributed by atoms with E-state index in [0.29, 0.717) is 0 Å². The Bertz CT molecular complexity index is 519. The number of nitrogens with one attached hydrogen (secondary N) is 1. The second-order valence-corrected chi connectivity index (χ2v) is 5.86. The number of nitrogens with zero attached hydrogens (tertiary/aromatic N) is 1. The predicted octanol–water partition coefficient (Wildman–Crippen LogP) is 1.11. The van der Waals surface area contributed by atoms with Crippen LogP contribution in [0.4, 0.5) is 14.9 Å². The monoisotopic (exact) mass is 315 g/mol. The molecule has 1 rings (SSSR count). The van der Waals surface area contributed by atoms with Crippen LogP contribution in [0.25, 0.3) is 0 Å². The SMILES string of the molecule is CC(C)(C)OC(=O)NCCC(O)C(O)c1ncc(F)cc1N. The van der Waals surface area contributed by atoms with Crippen LogP contribution >= 0.6 is 0 Å². The first-order chi connectivity index (χ1) is 10.1. The number of hydrogen-bond donors (Lipinski definition) is 4. The summed E-state index contributed by atoms with van der Waals surface area (Å²) in [7, 11) is 0.